The summed E-state index contributed by atoms with van der Waals surface area (Å²) in [7, 11) is 0. The predicted molar refractivity (Wildman–Crippen MR) is 84.6 cm³/mol. The van der Waals surface area contributed by atoms with E-state index in [0.717, 1.165) is 12.1 Å². The van der Waals surface area contributed by atoms with E-state index in [9.17, 15) is 0 Å². The normalized spacial score (nSPS) is 19.3. The SMILES string of the molecule is CC1(C)CCC(NCc2ccnc3ccccc23)CC1. The molecule has 1 saturated carbocycles. The van der Waals surface area contributed by atoms with E-state index in [1.54, 1.807) is 0 Å². The molecule has 1 aliphatic rings. The van der Waals surface area contributed by atoms with Gasteiger partial charge < -0.3 is 5.32 Å². The number of nitrogens with one attached hydrogen (secondary N) is 1. The quantitative estimate of drug-likeness (QED) is 0.898. The maximum atomic E-state index is 4.43. The summed E-state index contributed by atoms with van der Waals surface area (Å²) in [6.45, 7) is 5.73. The van der Waals surface area contributed by atoms with Crippen LogP contribution in [-0.2, 0) is 6.54 Å². The minimum Gasteiger partial charge on any atom is -0.310 e. The second-order valence-corrected chi connectivity index (χ2v) is 6.81. The third-order valence-electron chi connectivity index (χ3n) is 4.66. The Bertz CT molecular complexity index is 573. The van der Waals surface area contributed by atoms with Crippen molar-refractivity contribution in [2.75, 3.05) is 0 Å². The number of benzene rings is 1. The number of hydrogen-bond donors (Lipinski definition) is 1. The van der Waals surface area contributed by atoms with Gasteiger partial charge >= 0.3 is 0 Å². The van der Waals surface area contributed by atoms with E-state index in [1.807, 2.05) is 6.20 Å². The zero-order valence-electron chi connectivity index (χ0n) is 12.5. The first-order chi connectivity index (χ1) is 9.64. The lowest BCUT2D eigenvalue weighted by molar-refractivity contribution is 0.206. The number of fused-ring (bicyclic) bond motifs is 1. The Morgan fingerprint density at radius 2 is 1.90 bits per heavy atom. The van der Waals surface area contributed by atoms with Crippen LogP contribution in [0.1, 0.15) is 45.1 Å². The Balaban J connectivity index is 1.66. The van der Waals surface area contributed by atoms with Crippen LogP contribution in [0.25, 0.3) is 10.9 Å². The summed E-state index contributed by atoms with van der Waals surface area (Å²) in [6.07, 6.45) is 7.19. The van der Waals surface area contributed by atoms with Gasteiger partial charge in [0, 0.05) is 24.2 Å². The van der Waals surface area contributed by atoms with Gasteiger partial charge in [-0.3, -0.25) is 4.98 Å². The molecule has 106 valence electrons. The van der Waals surface area contributed by atoms with Crippen LogP contribution in [0.15, 0.2) is 36.5 Å². The molecule has 2 heteroatoms. The molecule has 1 aromatic carbocycles. The minimum atomic E-state index is 0.543. The Morgan fingerprint density at radius 3 is 2.70 bits per heavy atom. The molecular formula is C18H24N2. The van der Waals surface area contributed by atoms with Gasteiger partial charge in [-0.1, -0.05) is 32.0 Å². The Labute approximate surface area is 121 Å². The van der Waals surface area contributed by atoms with Gasteiger partial charge in [0.1, 0.15) is 0 Å². The van der Waals surface area contributed by atoms with E-state index < -0.39 is 0 Å². The lowest BCUT2D eigenvalue weighted by Crippen LogP contribution is -2.35. The molecule has 2 nitrogen and oxygen atoms in total. The van der Waals surface area contributed by atoms with Crippen molar-refractivity contribution in [3.8, 4) is 0 Å². The van der Waals surface area contributed by atoms with Crippen LogP contribution in [-0.4, -0.2) is 11.0 Å². The Kier molecular flexibility index (Phi) is 3.75. The summed E-state index contributed by atoms with van der Waals surface area (Å²) in [5.41, 5.74) is 3.00. The van der Waals surface area contributed by atoms with Crippen LogP contribution in [0.5, 0.6) is 0 Å². The van der Waals surface area contributed by atoms with Crippen molar-refractivity contribution in [1.82, 2.24) is 10.3 Å². The fourth-order valence-corrected chi connectivity index (χ4v) is 3.17. The van der Waals surface area contributed by atoms with Crippen molar-refractivity contribution in [3.63, 3.8) is 0 Å². The largest absolute Gasteiger partial charge is 0.310 e. The van der Waals surface area contributed by atoms with Crippen LogP contribution in [0.4, 0.5) is 0 Å². The molecule has 0 bridgehead atoms. The molecule has 1 fully saturated rings. The van der Waals surface area contributed by atoms with Crippen molar-refractivity contribution in [1.29, 1.82) is 0 Å². The number of pyridine rings is 1. The second kappa shape index (κ2) is 5.53. The average molecular weight is 268 g/mol. The number of rotatable bonds is 3. The van der Waals surface area contributed by atoms with E-state index in [2.05, 4.69) is 54.5 Å². The maximum Gasteiger partial charge on any atom is 0.0705 e. The van der Waals surface area contributed by atoms with Crippen molar-refractivity contribution < 1.29 is 0 Å². The number of nitrogens with zero attached hydrogens (tertiary/aromatic N) is 1. The standard InChI is InChI=1S/C18H24N2/c1-18(2)10-7-15(8-11-18)20-13-14-9-12-19-17-6-4-3-5-16(14)17/h3-6,9,12,15,20H,7-8,10-11,13H2,1-2H3. The van der Waals surface area contributed by atoms with Crippen LogP contribution in [0.2, 0.25) is 0 Å². The van der Waals surface area contributed by atoms with E-state index in [4.69, 9.17) is 0 Å². The highest BCUT2D eigenvalue weighted by atomic mass is 14.9. The molecule has 1 aromatic heterocycles. The first kappa shape index (κ1) is 13.6. The van der Waals surface area contributed by atoms with Gasteiger partial charge in [-0.15, -0.1) is 0 Å². The molecule has 3 rings (SSSR count). The van der Waals surface area contributed by atoms with E-state index in [1.165, 1.54) is 36.6 Å². The molecule has 20 heavy (non-hydrogen) atoms. The van der Waals surface area contributed by atoms with E-state index >= 15 is 0 Å². The summed E-state index contributed by atoms with van der Waals surface area (Å²) in [5.74, 6) is 0. The first-order valence-corrected chi connectivity index (χ1v) is 7.70. The predicted octanol–water partition coefficient (Wildman–Crippen LogP) is 4.29. The molecule has 0 atom stereocenters. The highest BCUT2D eigenvalue weighted by Crippen LogP contribution is 2.35. The topological polar surface area (TPSA) is 24.9 Å². The maximum absolute atomic E-state index is 4.43. The third kappa shape index (κ3) is 3.01. The highest BCUT2D eigenvalue weighted by molar-refractivity contribution is 5.81. The molecule has 1 heterocycles. The van der Waals surface area contributed by atoms with Gasteiger partial charge in [0.2, 0.25) is 0 Å². The fourth-order valence-electron chi connectivity index (χ4n) is 3.17. The smallest absolute Gasteiger partial charge is 0.0705 e. The summed E-state index contributed by atoms with van der Waals surface area (Å²) in [6, 6.07) is 11.2. The second-order valence-electron chi connectivity index (χ2n) is 6.81. The molecule has 0 unspecified atom stereocenters. The van der Waals surface area contributed by atoms with Crippen molar-refractivity contribution >= 4 is 10.9 Å². The monoisotopic (exact) mass is 268 g/mol. The van der Waals surface area contributed by atoms with Crippen molar-refractivity contribution in [3.05, 3.63) is 42.1 Å². The van der Waals surface area contributed by atoms with Crippen LogP contribution >= 0.6 is 0 Å². The molecule has 0 spiro atoms. The van der Waals surface area contributed by atoms with Gasteiger partial charge in [0.25, 0.3) is 0 Å². The zero-order valence-corrected chi connectivity index (χ0v) is 12.5. The summed E-state index contributed by atoms with van der Waals surface area (Å²) in [5, 5.41) is 5.02. The zero-order chi connectivity index (χ0) is 14.0. The van der Waals surface area contributed by atoms with Crippen molar-refractivity contribution in [2.24, 2.45) is 5.41 Å². The number of para-hydroxylation sites is 1. The third-order valence-corrected chi connectivity index (χ3v) is 4.66. The summed E-state index contributed by atoms with van der Waals surface area (Å²) in [4.78, 5) is 4.43. The molecule has 0 saturated heterocycles. The van der Waals surface area contributed by atoms with Crippen LogP contribution in [0.3, 0.4) is 0 Å². The molecule has 2 aromatic rings. The Morgan fingerprint density at radius 1 is 1.15 bits per heavy atom. The average Bonchev–Trinajstić information content (AvgIpc) is 2.46. The molecule has 1 aliphatic carbocycles. The molecule has 0 amide bonds. The van der Waals surface area contributed by atoms with Crippen LogP contribution < -0.4 is 5.32 Å². The molecule has 0 aliphatic heterocycles. The van der Waals surface area contributed by atoms with Gasteiger partial charge in [-0.2, -0.15) is 0 Å². The lowest BCUT2D eigenvalue weighted by atomic mass is 9.75. The van der Waals surface area contributed by atoms with Gasteiger partial charge in [0.15, 0.2) is 0 Å². The summed E-state index contributed by atoms with van der Waals surface area (Å²) >= 11 is 0. The van der Waals surface area contributed by atoms with Gasteiger partial charge in [0.05, 0.1) is 5.52 Å². The van der Waals surface area contributed by atoms with Crippen LogP contribution in [0, 0.1) is 5.41 Å². The molecule has 1 N–H and O–H groups in total. The Hall–Kier alpha value is -1.41. The molecular weight excluding hydrogens is 244 g/mol. The highest BCUT2D eigenvalue weighted by Gasteiger charge is 2.26. The lowest BCUT2D eigenvalue weighted by Gasteiger charge is -2.34. The molecule has 0 radical (unpaired) electrons. The van der Waals surface area contributed by atoms with E-state index in [0.29, 0.717) is 11.5 Å². The van der Waals surface area contributed by atoms with E-state index in [-0.39, 0.29) is 0 Å². The number of aromatic nitrogens is 1. The van der Waals surface area contributed by atoms with Crippen molar-refractivity contribution in [2.45, 2.75) is 52.1 Å². The minimum absolute atomic E-state index is 0.543. The van der Waals surface area contributed by atoms with Gasteiger partial charge in [-0.05, 0) is 48.8 Å². The first-order valence-electron chi connectivity index (χ1n) is 7.70. The van der Waals surface area contributed by atoms with Gasteiger partial charge in [-0.25, -0.2) is 0 Å². The summed E-state index contributed by atoms with van der Waals surface area (Å²) < 4.78 is 0. The number of hydrogen-bond acceptors (Lipinski definition) is 2. The fraction of sp³-hybridized carbons (Fsp3) is 0.500.